The van der Waals surface area contributed by atoms with Crippen LogP contribution in [-0.4, -0.2) is 79.0 Å². The topological polar surface area (TPSA) is 73.8 Å². The summed E-state index contributed by atoms with van der Waals surface area (Å²) < 4.78 is 49.8. The standard InChI is InChI=1S/C28H48O8Si3/c1-9-29-37(30-10-2,25-17-21-27(22-18-25)38(31-11-3,32-12-4)33-13-5)26-19-23-28(24-20-26)39(34-14-6,35-15-7)36-16-8/h17-24H,9-16H2,1-8H3. The second-order valence-electron chi connectivity index (χ2n) is 8.35. The minimum absolute atomic E-state index is 0.507. The van der Waals surface area contributed by atoms with Crippen LogP contribution in [0.3, 0.4) is 0 Å². The number of rotatable bonds is 20. The van der Waals surface area contributed by atoms with E-state index in [2.05, 4.69) is 24.3 Å². The fraction of sp³-hybridized carbons (Fsp3) is 0.571. The van der Waals surface area contributed by atoms with Crippen LogP contribution >= 0.6 is 0 Å². The molecule has 0 saturated heterocycles. The van der Waals surface area contributed by atoms with Crippen molar-refractivity contribution in [1.29, 1.82) is 0 Å². The highest BCUT2D eigenvalue weighted by molar-refractivity contribution is 6.92. The Hall–Kier alpha value is -1.23. The van der Waals surface area contributed by atoms with Crippen molar-refractivity contribution in [1.82, 2.24) is 0 Å². The van der Waals surface area contributed by atoms with Gasteiger partial charge in [-0.3, -0.25) is 0 Å². The van der Waals surface area contributed by atoms with Crippen molar-refractivity contribution in [2.45, 2.75) is 55.4 Å². The van der Waals surface area contributed by atoms with Crippen molar-refractivity contribution >= 4 is 46.9 Å². The third-order valence-corrected chi connectivity index (χ3v) is 15.6. The van der Waals surface area contributed by atoms with E-state index in [9.17, 15) is 0 Å². The van der Waals surface area contributed by atoms with Gasteiger partial charge in [-0.1, -0.05) is 48.5 Å². The fourth-order valence-corrected chi connectivity index (χ4v) is 12.7. The minimum Gasteiger partial charge on any atom is -0.388 e. The molecule has 0 radical (unpaired) electrons. The highest BCUT2D eigenvalue weighted by atomic mass is 28.4. The van der Waals surface area contributed by atoms with E-state index in [1.54, 1.807) is 0 Å². The molecule has 0 N–H and O–H groups in total. The Labute approximate surface area is 238 Å². The summed E-state index contributed by atoms with van der Waals surface area (Å²) in [5.74, 6) is 0. The molecule has 0 fully saturated rings. The lowest BCUT2D eigenvalue weighted by molar-refractivity contribution is 0.0851. The Balaban J connectivity index is 2.60. The summed E-state index contributed by atoms with van der Waals surface area (Å²) in [5, 5.41) is 3.84. The molecule has 0 aliphatic heterocycles. The molecule has 220 valence electrons. The first-order valence-electron chi connectivity index (χ1n) is 14.2. The quantitative estimate of drug-likeness (QED) is 0.216. The molecule has 0 spiro atoms. The molecule has 0 saturated carbocycles. The monoisotopic (exact) mass is 596 g/mol. The van der Waals surface area contributed by atoms with Gasteiger partial charge in [0.1, 0.15) is 0 Å². The van der Waals surface area contributed by atoms with Gasteiger partial charge in [0.05, 0.1) is 0 Å². The second-order valence-corrected chi connectivity index (χ2v) is 16.4. The van der Waals surface area contributed by atoms with E-state index in [4.69, 9.17) is 35.4 Å². The number of benzene rings is 2. The van der Waals surface area contributed by atoms with Gasteiger partial charge in [-0.15, -0.1) is 0 Å². The molecule has 0 aliphatic rings. The van der Waals surface area contributed by atoms with Crippen LogP contribution in [-0.2, 0) is 35.4 Å². The van der Waals surface area contributed by atoms with Crippen LogP contribution in [0.4, 0.5) is 0 Å². The fourth-order valence-electron chi connectivity index (χ4n) is 4.63. The largest absolute Gasteiger partial charge is 0.537 e. The average molecular weight is 597 g/mol. The Morgan fingerprint density at radius 2 is 0.538 bits per heavy atom. The number of hydrogen-bond donors (Lipinski definition) is 0. The maximum absolute atomic E-state index is 6.53. The van der Waals surface area contributed by atoms with Gasteiger partial charge in [0.2, 0.25) is 0 Å². The lowest BCUT2D eigenvalue weighted by atomic mass is 10.3. The predicted octanol–water partition coefficient (Wildman–Crippen LogP) is 2.83. The molecule has 2 aromatic carbocycles. The summed E-state index contributed by atoms with van der Waals surface area (Å²) in [6.45, 7) is 19.8. The van der Waals surface area contributed by atoms with Crippen molar-refractivity contribution in [3.8, 4) is 0 Å². The third-order valence-electron chi connectivity index (χ3n) is 5.94. The molecule has 0 unspecified atom stereocenters. The second kappa shape index (κ2) is 16.9. The lowest BCUT2D eigenvalue weighted by Crippen LogP contribution is -2.65. The van der Waals surface area contributed by atoms with E-state index >= 15 is 0 Å². The van der Waals surface area contributed by atoms with E-state index < -0.39 is 26.2 Å². The van der Waals surface area contributed by atoms with Crippen LogP contribution in [0.15, 0.2) is 48.5 Å². The summed E-state index contributed by atoms with van der Waals surface area (Å²) in [6, 6.07) is 16.4. The van der Waals surface area contributed by atoms with E-state index in [1.807, 2.05) is 79.7 Å². The normalized spacial score (nSPS) is 12.7. The highest BCUT2D eigenvalue weighted by Gasteiger charge is 2.47. The van der Waals surface area contributed by atoms with Crippen molar-refractivity contribution in [3.05, 3.63) is 48.5 Å². The van der Waals surface area contributed by atoms with E-state index in [-0.39, 0.29) is 0 Å². The Bertz CT molecular complexity index is 831. The summed E-state index contributed by atoms with van der Waals surface area (Å²) >= 11 is 0. The van der Waals surface area contributed by atoms with Crippen molar-refractivity contribution < 1.29 is 35.4 Å². The third kappa shape index (κ3) is 7.95. The molecule has 8 nitrogen and oxygen atoms in total. The van der Waals surface area contributed by atoms with Gasteiger partial charge >= 0.3 is 26.2 Å². The molecular weight excluding hydrogens is 549 g/mol. The molecule has 0 aliphatic carbocycles. The SMILES string of the molecule is CCO[Si](OCC)(OCC)c1ccc([Si](OCC)(OCC)c2ccc([Si](OCC)(OCC)OCC)cc2)cc1. The molecule has 0 bridgehead atoms. The van der Waals surface area contributed by atoms with Gasteiger partial charge in [-0.25, -0.2) is 0 Å². The Morgan fingerprint density at radius 3 is 0.744 bits per heavy atom. The summed E-state index contributed by atoms with van der Waals surface area (Å²) in [5.41, 5.74) is 0. The van der Waals surface area contributed by atoms with E-state index in [0.717, 1.165) is 20.7 Å². The lowest BCUT2D eigenvalue weighted by Gasteiger charge is -2.33. The molecular formula is C28H48O8Si3. The first kappa shape index (κ1) is 34.0. The van der Waals surface area contributed by atoms with Gasteiger partial charge in [0.25, 0.3) is 0 Å². The molecule has 0 aromatic heterocycles. The van der Waals surface area contributed by atoms with Crippen molar-refractivity contribution in [2.75, 3.05) is 52.9 Å². The highest BCUT2D eigenvalue weighted by Crippen LogP contribution is 2.15. The van der Waals surface area contributed by atoms with Gasteiger partial charge in [-0.05, 0) is 65.8 Å². The number of hydrogen-bond acceptors (Lipinski definition) is 8. The van der Waals surface area contributed by atoms with Crippen molar-refractivity contribution in [3.63, 3.8) is 0 Å². The van der Waals surface area contributed by atoms with Crippen LogP contribution in [0.1, 0.15) is 55.4 Å². The summed E-state index contributed by atoms with van der Waals surface area (Å²) in [4.78, 5) is 0. The molecule has 2 rings (SSSR count). The van der Waals surface area contributed by atoms with Crippen LogP contribution in [0.2, 0.25) is 0 Å². The molecule has 0 atom stereocenters. The van der Waals surface area contributed by atoms with Gasteiger partial charge in [-0.2, -0.15) is 0 Å². The average Bonchev–Trinajstić information content (AvgIpc) is 2.94. The minimum atomic E-state index is -3.04. The zero-order valence-corrected chi connectivity index (χ0v) is 28.0. The first-order valence-corrected chi connectivity index (χ1v) is 19.5. The van der Waals surface area contributed by atoms with Gasteiger partial charge < -0.3 is 35.4 Å². The van der Waals surface area contributed by atoms with E-state index in [0.29, 0.717) is 52.9 Å². The van der Waals surface area contributed by atoms with Crippen LogP contribution in [0.5, 0.6) is 0 Å². The Morgan fingerprint density at radius 1 is 0.333 bits per heavy atom. The smallest absolute Gasteiger partial charge is 0.388 e. The molecule has 0 amide bonds. The van der Waals surface area contributed by atoms with Crippen LogP contribution in [0.25, 0.3) is 0 Å². The van der Waals surface area contributed by atoms with Crippen molar-refractivity contribution in [2.24, 2.45) is 0 Å². The molecule has 2 aromatic rings. The molecule has 39 heavy (non-hydrogen) atoms. The maximum atomic E-state index is 6.53. The van der Waals surface area contributed by atoms with Crippen LogP contribution < -0.4 is 20.7 Å². The van der Waals surface area contributed by atoms with Gasteiger partial charge in [0, 0.05) is 63.2 Å². The molecule has 11 heteroatoms. The van der Waals surface area contributed by atoms with Gasteiger partial charge in [0.15, 0.2) is 0 Å². The zero-order chi connectivity index (χ0) is 28.8. The maximum Gasteiger partial charge on any atom is 0.537 e. The summed E-state index contributed by atoms with van der Waals surface area (Å²) in [7, 11) is -9.09. The summed E-state index contributed by atoms with van der Waals surface area (Å²) in [6.07, 6.45) is 0. The Kier molecular flexibility index (Phi) is 14.7. The van der Waals surface area contributed by atoms with Crippen LogP contribution in [0, 0.1) is 0 Å². The predicted molar refractivity (Wildman–Crippen MR) is 162 cm³/mol. The first-order chi connectivity index (χ1) is 18.9. The molecule has 0 heterocycles. The van der Waals surface area contributed by atoms with E-state index in [1.165, 1.54) is 0 Å². The zero-order valence-electron chi connectivity index (χ0n) is 25.0.